The van der Waals surface area contributed by atoms with Crippen molar-refractivity contribution in [2.45, 2.75) is 52.5 Å². The standard InChI is InChI=1S/C9H18N4/c1-8(2,3)7-10-12-13(11-7)9(4,5)6/h1-6H3/p+1. The minimum Gasteiger partial charge on any atom is -0.0567 e. The normalized spacial score (nSPS) is 13.4. The molecule has 1 aromatic rings. The number of rotatable bonds is 0. The van der Waals surface area contributed by atoms with Crippen molar-refractivity contribution < 1.29 is 4.80 Å². The van der Waals surface area contributed by atoms with Crippen molar-refractivity contribution in [1.82, 2.24) is 15.4 Å². The van der Waals surface area contributed by atoms with Gasteiger partial charge in [0, 0.05) is 0 Å². The van der Waals surface area contributed by atoms with Crippen LogP contribution in [0.4, 0.5) is 0 Å². The molecule has 74 valence electrons. The predicted octanol–water partition coefficient (Wildman–Crippen LogP) is 1.14. The van der Waals surface area contributed by atoms with Gasteiger partial charge in [-0.1, -0.05) is 25.6 Å². The molecule has 0 fully saturated rings. The van der Waals surface area contributed by atoms with E-state index in [0.29, 0.717) is 0 Å². The van der Waals surface area contributed by atoms with E-state index < -0.39 is 0 Å². The molecule has 0 aliphatic rings. The summed E-state index contributed by atoms with van der Waals surface area (Å²) in [6.45, 7) is 12.6. The molecule has 0 aliphatic heterocycles. The van der Waals surface area contributed by atoms with Crippen LogP contribution in [-0.4, -0.2) is 15.4 Å². The van der Waals surface area contributed by atoms with Crippen LogP contribution in [0.5, 0.6) is 0 Å². The molecular weight excluding hydrogens is 164 g/mol. The molecule has 4 heteroatoms. The van der Waals surface area contributed by atoms with Gasteiger partial charge in [-0.15, -0.1) is 0 Å². The van der Waals surface area contributed by atoms with Crippen LogP contribution in [0.3, 0.4) is 0 Å². The number of hydrogen-bond acceptors (Lipinski definition) is 2. The highest BCUT2D eigenvalue weighted by Gasteiger charge is 2.30. The van der Waals surface area contributed by atoms with E-state index >= 15 is 0 Å². The van der Waals surface area contributed by atoms with E-state index in [9.17, 15) is 0 Å². The fourth-order valence-corrected chi connectivity index (χ4v) is 0.852. The average Bonchev–Trinajstić information content (AvgIpc) is 2.28. The van der Waals surface area contributed by atoms with Gasteiger partial charge in [0.25, 0.3) is 0 Å². The van der Waals surface area contributed by atoms with Gasteiger partial charge in [-0.25, -0.2) is 0 Å². The fourth-order valence-electron chi connectivity index (χ4n) is 0.852. The monoisotopic (exact) mass is 183 g/mol. The van der Waals surface area contributed by atoms with E-state index in [-0.39, 0.29) is 11.0 Å². The molecule has 4 nitrogen and oxygen atoms in total. The Morgan fingerprint density at radius 2 is 1.62 bits per heavy atom. The second kappa shape index (κ2) is 2.79. The molecule has 1 heterocycles. The lowest BCUT2D eigenvalue weighted by Crippen LogP contribution is -2.54. The van der Waals surface area contributed by atoms with E-state index in [2.05, 4.69) is 57.0 Å². The van der Waals surface area contributed by atoms with Gasteiger partial charge in [-0.2, -0.15) is 0 Å². The topological polar surface area (TPSA) is 45.5 Å². The zero-order valence-corrected chi connectivity index (χ0v) is 9.34. The number of aromatic amines is 1. The first-order valence-electron chi connectivity index (χ1n) is 4.57. The zero-order chi connectivity index (χ0) is 10.3. The predicted molar refractivity (Wildman–Crippen MR) is 50.3 cm³/mol. The summed E-state index contributed by atoms with van der Waals surface area (Å²) in [5.41, 5.74) is -0.0243. The van der Waals surface area contributed by atoms with Gasteiger partial charge in [0.1, 0.15) is 5.54 Å². The summed E-state index contributed by atoms with van der Waals surface area (Å²) in [5, 5.41) is 11.5. The van der Waals surface area contributed by atoms with E-state index in [1.54, 1.807) is 4.80 Å². The molecule has 0 saturated carbocycles. The smallest absolute Gasteiger partial charge is 0.0567 e. The highest BCUT2D eigenvalue weighted by atomic mass is 15.6. The van der Waals surface area contributed by atoms with Crippen molar-refractivity contribution in [3.05, 3.63) is 5.82 Å². The quantitative estimate of drug-likeness (QED) is 0.613. The average molecular weight is 183 g/mol. The van der Waals surface area contributed by atoms with Gasteiger partial charge in [0.15, 0.2) is 0 Å². The molecule has 0 atom stereocenters. The summed E-state index contributed by atoms with van der Waals surface area (Å²) in [4.78, 5) is 1.79. The van der Waals surface area contributed by atoms with E-state index in [0.717, 1.165) is 5.82 Å². The molecule has 0 aromatic carbocycles. The molecule has 0 amide bonds. The van der Waals surface area contributed by atoms with Gasteiger partial charge in [0.05, 0.1) is 10.5 Å². The Kier molecular flexibility index (Phi) is 2.18. The SMILES string of the molecule is CC(C)(C)c1n[nH][n+](C(C)(C)C)n1. The maximum Gasteiger partial charge on any atom is 0.313 e. The number of nitrogens with one attached hydrogen (secondary N) is 1. The molecule has 1 rings (SSSR count). The molecule has 13 heavy (non-hydrogen) atoms. The Labute approximate surface area is 79.3 Å². The van der Waals surface area contributed by atoms with E-state index in [4.69, 9.17) is 0 Å². The van der Waals surface area contributed by atoms with Gasteiger partial charge in [-0.05, 0) is 31.1 Å². The second-order valence-electron chi connectivity index (χ2n) is 5.37. The van der Waals surface area contributed by atoms with Crippen LogP contribution in [0, 0.1) is 0 Å². The number of hydrogen-bond donors (Lipinski definition) is 1. The maximum absolute atomic E-state index is 4.40. The van der Waals surface area contributed by atoms with Crippen molar-refractivity contribution in [2.24, 2.45) is 0 Å². The van der Waals surface area contributed by atoms with Crippen molar-refractivity contribution in [1.29, 1.82) is 0 Å². The summed E-state index contributed by atoms with van der Waals surface area (Å²) in [6, 6.07) is 0. The first kappa shape index (κ1) is 10.2. The van der Waals surface area contributed by atoms with Crippen LogP contribution in [0.25, 0.3) is 0 Å². The van der Waals surface area contributed by atoms with Gasteiger partial charge < -0.3 is 0 Å². The number of H-pyrrole nitrogens is 1. The molecular formula is C9H19N4+. The lowest BCUT2D eigenvalue weighted by molar-refractivity contribution is -0.853. The van der Waals surface area contributed by atoms with Gasteiger partial charge in [-0.3, -0.25) is 0 Å². The Balaban J connectivity index is 3.01. The third-order valence-corrected chi connectivity index (χ3v) is 1.75. The Morgan fingerprint density at radius 3 is 1.85 bits per heavy atom. The molecule has 0 bridgehead atoms. The van der Waals surface area contributed by atoms with E-state index in [1.165, 1.54) is 0 Å². The second-order valence-corrected chi connectivity index (χ2v) is 5.37. The summed E-state index contributed by atoms with van der Waals surface area (Å²) in [5.74, 6) is 0.849. The first-order valence-corrected chi connectivity index (χ1v) is 4.57. The van der Waals surface area contributed by atoms with Crippen LogP contribution >= 0.6 is 0 Å². The summed E-state index contributed by atoms with van der Waals surface area (Å²) < 4.78 is 0. The van der Waals surface area contributed by atoms with Crippen LogP contribution < -0.4 is 4.80 Å². The van der Waals surface area contributed by atoms with Crippen molar-refractivity contribution >= 4 is 0 Å². The molecule has 0 unspecified atom stereocenters. The lowest BCUT2D eigenvalue weighted by Gasteiger charge is -2.10. The first-order chi connectivity index (χ1) is 5.71. The number of tetrazole rings is 1. The number of aromatic nitrogens is 4. The van der Waals surface area contributed by atoms with Crippen molar-refractivity contribution in [3.8, 4) is 0 Å². The summed E-state index contributed by atoms with van der Waals surface area (Å²) in [6.07, 6.45) is 0. The Hall–Kier alpha value is -0.930. The van der Waals surface area contributed by atoms with Crippen LogP contribution in [0.15, 0.2) is 0 Å². The lowest BCUT2D eigenvalue weighted by atomic mass is 9.96. The Bertz CT molecular complexity index is 259. The largest absolute Gasteiger partial charge is 0.313 e. The molecule has 0 radical (unpaired) electrons. The van der Waals surface area contributed by atoms with Crippen molar-refractivity contribution in [2.75, 3.05) is 0 Å². The van der Waals surface area contributed by atoms with Crippen molar-refractivity contribution in [3.63, 3.8) is 0 Å². The highest BCUT2D eigenvalue weighted by Crippen LogP contribution is 2.15. The maximum atomic E-state index is 4.40. The molecule has 0 aliphatic carbocycles. The van der Waals surface area contributed by atoms with E-state index in [1.807, 2.05) is 0 Å². The minimum atomic E-state index is -0.0312. The van der Waals surface area contributed by atoms with Crippen LogP contribution in [0.2, 0.25) is 0 Å². The zero-order valence-electron chi connectivity index (χ0n) is 9.34. The summed E-state index contributed by atoms with van der Waals surface area (Å²) >= 11 is 0. The molecule has 0 spiro atoms. The highest BCUT2D eigenvalue weighted by molar-refractivity contribution is 4.94. The summed E-state index contributed by atoms with van der Waals surface area (Å²) in [7, 11) is 0. The fraction of sp³-hybridized carbons (Fsp3) is 0.889. The molecule has 1 N–H and O–H groups in total. The van der Waals surface area contributed by atoms with Gasteiger partial charge >= 0.3 is 5.82 Å². The minimum absolute atomic E-state index is 0.00694. The van der Waals surface area contributed by atoms with Crippen LogP contribution in [-0.2, 0) is 11.0 Å². The third-order valence-electron chi connectivity index (χ3n) is 1.75. The number of nitrogens with zero attached hydrogens (tertiary/aromatic N) is 3. The van der Waals surface area contributed by atoms with Crippen LogP contribution in [0.1, 0.15) is 47.4 Å². The Morgan fingerprint density at radius 1 is 1.08 bits per heavy atom. The molecule has 0 saturated heterocycles. The molecule has 1 aromatic heterocycles. The third kappa shape index (κ3) is 2.26. The van der Waals surface area contributed by atoms with Gasteiger partial charge in [0.2, 0.25) is 0 Å².